The highest BCUT2D eigenvalue weighted by molar-refractivity contribution is 6.03. The van der Waals surface area contributed by atoms with Crippen molar-refractivity contribution in [2.75, 3.05) is 0 Å². The number of hydrogen-bond donors (Lipinski definition) is 0. The van der Waals surface area contributed by atoms with E-state index in [1.807, 2.05) is 55.5 Å². The Balaban J connectivity index is 2.32. The molecule has 1 atom stereocenters. The summed E-state index contributed by atoms with van der Waals surface area (Å²) < 4.78 is 0. The van der Waals surface area contributed by atoms with Crippen LogP contribution in [0.25, 0.3) is 0 Å². The molecule has 1 unspecified atom stereocenters. The van der Waals surface area contributed by atoms with Crippen LogP contribution in [0.5, 0.6) is 0 Å². The van der Waals surface area contributed by atoms with Gasteiger partial charge in [-0.25, -0.2) is 0 Å². The molecule has 0 amide bonds. The van der Waals surface area contributed by atoms with Crippen LogP contribution in [-0.4, -0.2) is 11.6 Å². The summed E-state index contributed by atoms with van der Waals surface area (Å²) in [6.07, 6.45) is 0.736. The Kier molecular flexibility index (Phi) is 4.83. The second-order valence-corrected chi connectivity index (χ2v) is 4.79. The van der Waals surface area contributed by atoms with Crippen molar-refractivity contribution < 1.29 is 9.59 Å². The fourth-order valence-corrected chi connectivity index (χ4v) is 2.22. The van der Waals surface area contributed by atoms with Crippen molar-refractivity contribution in [1.29, 1.82) is 0 Å². The minimum Gasteiger partial charge on any atom is -0.300 e. The van der Waals surface area contributed by atoms with Crippen molar-refractivity contribution in [3.05, 3.63) is 71.8 Å². The molecule has 2 rings (SSSR count). The van der Waals surface area contributed by atoms with E-state index in [1.54, 1.807) is 12.1 Å². The van der Waals surface area contributed by atoms with E-state index in [-0.39, 0.29) is 23.9 Å². The highest BCUT2D eigenvalue weighted by Gasteiger charge is 2.23. The van der Waals surface area contributed by atoms with E-state index in [0.717, 1.165) is 5.56 Å². The van der Waals surface area contributed by atoms with E-state index >= 15 is 0 Å². The van der Waals surface area contributed by atoms with Gasteiger partial charge in [-0.1, -0.05) is 67.6 Å². The molecule has 0 N–H and O–H groups in total. The van der Waals surface area contributed by atoms with Crippen LogP contribution >= 0.6 is 0 Å². The van der Waals surface area contributed by atoms with Crippen molar-refractivity contribution in [2.24, 2.45) is 0 Å². The molecular weight excluding hydrogens is 248 g/mol. The molecule has 2 aromatic rings. The summed E-state index contributed by atoms with van der Waals surface area (Å²) in [7, 11) is 0. The molecule has 0 spiro atoms. The molecule has 0 heterocycles. The maximum Gasteiger partial charge on any atom is 0.170 e. The zero-order valence-electron chi connectivity index (χ0n) is 11.6. The smallest absolute Gasteiger partial charge is 0.170 e. The van der Waals surface area contributed by atoms with Gasteiger partial charge in [-0.05, 0) is 5.56 Å². The molecule has 2 heteroatoms. The highest BCUT2D eigenvalue weighted by atomic mass is 16.1. The molecule has 2 nitrogen and oxygen atoms in total. The Morgan fingerprint density at radius 3 is 2.00 bits per heavy atom. The largest absolute Gasteiger partial charge is 0.300 e. The van der Waals surface area contributed by atoms with Gasteiger partial charge in [-0.2, -0.15) is 0 Å². The van der Waals surface area contributed by atoms with Gasteiger partial charge >= 0.3 is 0 Å². The normalized spacial score (nSPS) is 11.8. The minimum absolute atomic E-state index is 0.0126. The molecule has 0 fully saturated rings. The molecule has 0 aliphatic rings. The summed E-state index contributed by atoms with van der Waals surface area (Å²) in [5.74, 6) is -0.257. The van der Waals surface area contributed by atoms with Crippen molar-refractivity contribution in [3.8, 4) is 0 Å². The Bertz CT molecular complexity index is 573. The number of carbonyl (C=O) groups excluding carboxylic acids is 2. The Labute approximate surface area is 119 Å². The third-order valence-corrected chi connectivity index (χ3v) is 3.40. The van der Waals surface area contributed by atoms with Crippen LogP contribution in [0.2, 0.25) is 0 Å². The third kappa shape index (κ3) is 3.41. The SMILES string of the molecule is CCC(=O)CC(C(=O)c1ccccc1)c1ccccc1. The van der Waals surface area contributed by atoms with Gasteiger partial charge in [0.2, 0.25) is 0 Å². The summed E-state index contributed by atoms with van der Waals surface area (Å²) in [6, 6.07) is 18.7. The van der Waals surface area contributed by atoms with Crippen LogP contribution in [0, 0.1) is 0 Å². The van der Waals surface area contributed by atoms with E-state index in [4.69, 9.17) is 0 Å². The molecule has 2 aromatic carbocycles. The quantitative estimate of drug-likeness (QED) is 0.740. The summed E-state index contributed by atoms with van der Waals surface area (Å²) in [6.45, 7) is 1.83. The zero-order valence-corrected chi connectivity index (χ0v) is 11.6. The van der Waals surface area contributed by atoms with Crippen LogP contribution < -0.4 is 0 Å². The molecule has 0 radical (unpaired) electrons. The Morgan fingerprint density at radius 2 is 1.45 bits per heavy atom. The first-order valence-electron chi connectivity index (χ1n) is 6.88. The fourth-order valence-electron chi connectivity index (χ4n) is 2.22. The Hall–Kier alpha value is -2.22. The molecule has 0 saturated heterocycles. The number of hydrogen-bond acceptors (Lipinski definition) is 2. The molecule has 0 aromatic heterocycles. The first-order chi connectivity index (χ1) is 9.72. The lowest BCUT2D eigenvalue weighted by atomic mass is 9.86. The lowest BCUT2D eigenvalue weighted by Crippen LogP contribution is -2.16. The van der Waals surface area contributed by atoms with Crippen LogP contribution in [0.1, 0.15) is 41.6 Å². The standard InChI is InChI=1S/C18H18O2/c1-2-16(19)13-17(14-9-5-3-6-10-14)18(20)15-11-7-4-8-12-15/h3-12,17H,2,13H2,1H3. The molecule has 0 aliphatic carbocycles. The molecule has 0 saturated carbocycles. The van der Waals surface area contributed by atoms with Gasteiger partial charge in [-0.15, -0.1) is 0 Å². The van der Waals surface area contributed by atoms with Crippen LogP contribution in [0.3, 0.4) is 0 Å². The number of ketones is 2. The summed E-state index contributed by atoms with van der Waals surface area (Å²) in [5, 5.41) is 0. The van der Waals surface area contributed by atoms with E-state index in [9.17, 15) is 9.59 Å². The lowest BCUT2D eigenvalue weighted by molar-refractivity contribution is -0.119. The predicted octanol–water partition coefficient (Wildman–Crippen LogP) is 4.02. The summed E-state index contributed by atoms with van der Waals surface area (Å²) in [4.78, 5) is 24.4. The second-order valence-electron chi connectivity index (χ2n) is 4.79. The highest BCUT2D eigenvalue weighted by Crippen LogP contribution is 2.25. The Morgan fingerprint density at radius 1 is 0.900 bits per heavy atom. The molecule has 102 valence electrons. The lowest BCUT2D eigenvalue weighted by Gasteiger charge is -2.15. The van der Waals surface area contributed by atoms with Crippen molar-refractivity contribution in [2.45, 2.75) is 25.7 Å². The molecule has 0 aliphatic heterocycles. The third-order valence-electron chi connectivity index (χ3n) is 3.40. The average molecular weight is 266 g/mol. The predicted molar refractivity (Wildman–Crippen MR) is 79.9 cm³/mol. The number of Topliss-reactive ketones (excluding diaryl/α,β-unsaturated/α-hetero) is 2. The van der Waals surface area contributed by atoms with Crippen LogP contribution in [-0.2, 0) is 4.79 Å². The van der Waals surface area contributed by atoms with Gasteiger partial charge in [0, 0.05) is 18.4 Å². The fraction of sp³-hybridized carbons (Fsp3) is 0.222. The van der Waals surface area contributed by atoms with Crippen LogP contribution in [0.4, 0.5) is 0 Å². The van der Waals surface area contributed by atoms with Crippen molar-refractivity contribution in [1.82, 2.24) is 0 Å². The van der Waals surface area contributed by atoms with E-state index < -0.39 is 0 Å². The van der Waals surface area contributed by atoms with E-state index in [0.29, 0.717) is 12.0 Å². The summed E-state index contributed by atoms with van der Waals surface area (Å²) in [5.41, 5.74) is 1.56. The first-order valence-corrected chi connectivity index (χ1v) is 6.88. The topological polar surface area (TPSA) is 34.1 Å². The van der Waals surface area contributed by atoms with Gasteiger partial charge in [0.15, 0.2) is 5.78 Å². The average Bonchev–Trinajstić information content (AvgIpc) is 2.53. The first kappa shape index (κ1) is 14.2. The molecule has 20 heavy (non-hydrogen) atoms. The second kappa shape index (κ2) is 6.80. The number of rotatable bonds is 6. The molecular formula is C18H18O2. The zero-order chi connectivity index (χ0) is 14.4. The summed E-state index contributed by atoms with van der Waals surface area (Å²) >= 11 is 0. The van der Waals surface area contributed by atoms with Gasteiger partial charge < -0.3 is 0 Å². The van der Waals surface area contributed by atoms with E-state index in [1.165, 1.54) is 0 Å². The van der Waals surface area contributed by atoms with Crippen molar-refractivity contribution >= 4 is 11.6 Å². The van der Waals surface area contributed by atoms with Gasteiger partial charge in [0.25, 0.3) is 0 Å². The monoisotopic (exact) mass is 266 g/mol. The number of benzene rings is 2. The van der Waals surface area contributed by atoms with E-state index in [2.05, 4.69) is 0 Å². The van der Waals surface area contributed by atoms with Crippen LogP contribution in [0.15, 0.2) is 60.7 Å². The number of carbonyl (C=O) groups is 2. The maximum absolute atomic E-state index is 12.6. The van der Waals surface area contributed by atoms with Gasteiger partial charge in [-0.3, -0.25) is 9.59 Å². The van der Waals surface area contributed by atoms with Crippen molar-refractivity contribution in [3.63, 3.8) is 0 Å². The molecule has 0 bridgehead atoms. The minimum atomic E-state index is -0.383. The van der Waals surface area contributed by atoms with Gasteiger partial charge in [0.05, 0.1) is 5.92 Å². The maximum atomic E-state index is 12.6. The van der Waals surface area contributed by atoms with Gasteiger partial charge in [0.1, 0.15) is 5.78 Å².